The fraction of sp³-hybridized carbons (Fsp3) is 0.636. The summed E-state index contributed by atoms with van der Waals surface area (Å²) in [6.07, 6.45) is 5.25. The van der Waals surface area contributed by atoms with Gasteiger partial charge in [0, 0.05) is 24.7 Å². The van der Waals surface area contributed by atoms with Crippen LogP contribution in [0.25, 0.3) is 0 Å². The molecule has 150 valence electrons. The Morgan fingerprint density at radius 2 is 1.70 bits per heavy atom. The Morgan fingerprint density at radius 3 is 2.26 bits per heavy atom. The Hall–Kier alpha value is -1.88. The molecule has 0 aliphatic heterocycles. The Morgan fingerprint density at radius 1 is 1.07 bits per heavy atom. The van der Waals surface area contributed by atoms with Crippen molar-refractivity contribution in [3.8, 4) is 0 Å². The second-order valence-electron chi connectivity index (χ2n) is 8.57. The normalized spacial score (nSPS) is 20.1. The lowest BCUT2D eigenvalue weighted by Crippen LogP contribution is -2.35. The molecule has 0 atom stereocenters. The van der Waals surface area contributed by atoms with Gasteiger partial charge in [-0.1, -0.05) is 32.9 Å². The Balaban J connectivity index is 1.73. The maximum Gasteiger partial charge on any atom is 0.307 e. The summed E-state index contributed by atoms with van der Waals surface area (Å²) in [7, 11) is 1.34. The van der Waals surface area contributed by atoms with Crippen LogP contribution >= 0.6 is 0 Å². The van der Waals surface area contributed by atoms with Crippen LogP contribution in [0.2, 0.25) is 0 Å². The quantitative estimate of drug-likeness (QED) is 0.715. The fourth-order valence-corrected chi connectivity index (χ4v) is 3.68. The predicted molar refractivity (Wildman–Crippen MR) is 107 cm³/mol. The molecular weight excluding hydrogens is 340 g/mol. The number of benzene rings is 1. The van der Waals surface area contributed by atoms with Crippen LogP contribution < -0.4 is 10.6 Å². The van der Waals surface area contributed by atoms with Crippen LogP contribution in [0.4, 0.5) is 0 Å². The largest absolute Gasteiger partial charge is 0.469 e. The third-order valence-corrected chi connectivity index (χ3v) is 5.61. The van der Waals surface area contributed by atoms with Crippen molar-refractivity contribution in [3.63, 3.8) is 0 Å². The van der Waals surface area contributed by atoms with Gasteiger partial charge in [-0.2, -0.15) is 0 Å². The summed E-state index contributed by atoms with van der Waals surface area (Å²) in [6, 6.07) is 8.23. The van der Waals surface area contributed by atoms with Crippen molar-refractivity contribution in [1.82, 2.24) is 10.6 Å². The first-order valence-corrected chi connectivity index (χ1v) is 9.97. The maximum absolute atomic E-state index is 12.1. The number of hydrogen-bond acceptors (Lipinski definition) is 4. The Kier molecular flexibility index (Phi) is 7.84. The highest BCUT2D eigenvalue weighted by atomic mass is 16.5. The lowest BCUT2D eigenvalue weighted by molar-refractivity contribution is -0.140. The minimum absolute atomic E-state index is 0.168. The molecule has 1 saturated carbocycles. The fourth-order valence-electron chi connectivity index (χ4n) is 3.68. The van der Waals surface area contributed by atoms with E-state index in [0.717, 1.165) is 12.5 Å². The molecule has 0 unspecified atom stereocenters. The molecule has 5 heteroatoms. The first-order valence-electron chi connectivity index (χ1n) is 9.97. The van der Waals surface area contributed by atoms with Gasteiger partial charge in [-0.25, -0.2) is 0 Å². The Labute approximate surface area is 163 Å². The summed E-state index contributed by atoms with van der Waals surface area (Å²) >= 11 is 0. The topological polar surface area (TPSA) is 67.4 Å². The van der Waals surface area contributed by atoms with Gasteiger partial charge >= 0.3 is 5.97 Å². The van der Waals surface area contributed by atoms with Gasteiger partial charge in [0.05, 0.1) is 13.5 Å². The molecule has 0 radical (unpaired) electrons. The van der Waals surface area contributed by atoms with E-state index >= 15 is 0 Å². The van der Waals surface area contributed by atoms with E-state index in [1.54, 1.807) is 0 Å². The molecule has 0 heterocycles. The van der Waals surface area contributed by atoms with E-state index in [1.165, 1.54) is 38.4 Å². The standard InChI is InChI=1S/C22H34N2O3/c1-22(2,3)18-9-11-19(12-10-18)24-15-16-5-7-17(8-6-16)21(26)23-14-13-20(25)27-4/h5-8,18-19,24H,9-15H2,1-4H3,(H,23,26). The number of ether oxygens (including phenoxy) is 1. The number of nitrogens with one attached hydrogen (secondary N) is 2. The van der Waals surface area contributed by atoms with Crippen LogP contribution in [0, 0.1) is 11.3 Å². The highest BCUT2D eigenvalue weighted by molar-refractivity contribution is 5.94. The molecule has 1 fully saturated rings. The SMILES string of the molecule is COC(=O)CCNC(=O)c1ccc(CNC2CCC(C(C)(C)C)CC2)cc1. The summed E-state index contributed by atoms with van der Waals surface area (Å²) in [5, 5.41) is 6.39. The van der Waals surface area contributed by atoms with Crippen molar-refractivity contribution in [3.05, 3.63) is 35.4 Å². The number of hydrogen-bond donors (Lipinski definition) is 2. The summed E-state index contributed by atoms with van der Waals surface area (Å²) in [5.74, 6) is 0.333. The average molecular weight is 375 g/mol. The molecule has 0 spiro atoms. The first-order chi connectivity index (χ1) is 12.8. The third-order valence-electron chi connectivity index (χ3n) is 5.61. The van der Waals surface area contributed by atoms with Gasteiger partial charge in [0.2, 0.25) is 0 Å². The van der Waals surface area contributed by atoms with Gasteiger partial charge in [0.1, 0.15) is 0 Å². The average Bonchev–Trinajstić information content (AvgIpc) is 2.66. The van der Waals surface area contributed by atoms with Crippen LogP contribution in [0.5, 0.6) is 0 Å². The smallest absolute Gasteiger partial charge is 0.307 e. The molecule has 0 bridgehead atoms. The monoisotopic (exact) mass is 374 g/mol. The first kappa shape index (κ1) is 21.4. The molecule has 0 saturated heterocycles. The maximum atomic E-state index is 12.1. The lowest BCUT2D eigenvalue weighted by atomic mass is 9.71. The van der Waals surface area contributed by atoms with Crippen molar-refractivity contribution in [2.24, 2.45) is 11.3 Å². The molecule has 5 nitrogen and oxygen atoms in total. The minimum Gasteiger partial charge on any atom is -0.469 e. The number of esters is 1. The van der Waals surface area contributed by atoms with E-state index in [4.69, 9.17) is 0 Å². The molecule has 1 amide bonds. The van der Waals surface area contributed by atoms with Crippen molar-refractivity contribution in [1.29, 1.82) is 0 Å². The van der Waals surface area contributed by atoms with Crippen LogP contribution in [-0.2, 0) is 16.1 Å². The van der Waals surface area contributed by atoms with E-state index in [1.807, 2.05) is 24.3 Å². The van der Waals surface area contributed by atoms with Gasteiger partial charge in [-0.05, 0) is 54.7 Å². The van der Waals surface area contributed by atoms with Crippen LogP contribution in [-0.4, -0.2) is 31.6 Å². The number of amides is 1. The van der Waals surface area contributed by atoms with E-state index in [2.05, 4.69) is 36.1 Å². The molecule has 1 aromatic carbocycles. The number of methoxy groups -OCH3 is 1. The van der Waals surface area contributed by atoms with Gasteiger partial charge in [0.15, 0.2) is 0 Å². The zero-order valence-electron chi connectivity index (χ0n) is 17.1. The molecule has 1 aromatic rings. The summed E-state index contributed by atoms with van der Waals surface area (Å²) < 4.78 is 4.56. The molecule has 1 aliphatic rings. The van der Waals surface area contributed by atoms with Crippen molar-refractivity contribution in [2.75, 3.05) is 13.7 Å². The van der Waals surface area contributed by atoms with E-state index in [-0.39, 0.29) is 24.8 Å². The molecule has 1 aliphatic carbocycles. The number of rotatable bonds is 7. The second kappa shape index (κ2) is 9.88. The van der Waals surface area contributed by atoms with Crippen LogP contribution in [0.15, 0.2) is 24.3 Å². The molecule has 2 rings (SSSR count). The second-order valence-corrected chi connectivity index (χ2v) is 8.57. The molecule has 2 N–H and O–H groups in total. The highest BCUT2D eigenvalue weighted by Crippen LogP contribution is 2.37. The molecule has 0 aromatic heterocycles. The minimum atomic E-state index is -0.326. The van der Waals surface area contributed by atoms with E-state index < -0.39 is 0 Å². The highest BCUT2D eigenvalue weighted by Gasteiger charge is 2.29. The molecule has 27 heavy (non-hydrogen) atoms. The van der Waals surface area contributed by atoms with Gasteiger partial charge in [-0.15, -0.1) is 0 Å². The third kappa shape index (κ3) is 6.98. The zero-order chi connectivity index (χ0) is 19.9. The van der Waals surface area contributed by atoms with Gasteiger partial charge < -0.3 is 15.4 Å². The van der Waals surface area contributed by atoms with E-state index in [0.29, 0.717) is 17.0 Å². The summed E-state index contributed by atoms with van der Waals surface area (Å²) in [6.45, 7) is 8.15. The van der Waals surface area contributed by atoms with Crippen molar-refractivity contribution in [2.45, 2.75) is 65.5 Å². The van der Waals surface area contributed by atoms with E-state index in [9.17, 15) is 9.59 Å². The van der Waals surface area contributed by atoms with Crippen LogP contribution in [0.3, 0.4) is 0 Å². The van der Waals surface area contributed by atoms with Crippen molar-refractivity contribution >= 4 is 11.9 Å². The van der Waals surface area contributed by atoms with Gasteiger partial charge in [0.25, 0.3) is 5.91 Å². The Bertz CT molecular complexity index is 611. The van der Waals surface area contributed by atoms with Gasteiger partial charge in [-0.3, -0.25) is 9.59 Å². The number of carbonyl (C=O) groups excluding carboxylic acids is 2. The lowest BCUT2D eigenvalue weighted by Gasteiger charge is -2.37. The molecular formula is C22H34N2O3. The predicted octanol–water partition coefficient (Wildman–Crippen LogP) is 3.67. The summed E-state index contributed by atoms with van der Waals surface area (Å²) in [4.78, 5) is 23.1. The van der Waals surface area contributed by atoms with Crippen molar-refractivity contribution < 1.29 is 14.3 Å². The number of carbonyl (C=O) groups is 2. The van der Waals surface area contributed by atoms with Crippen LogP contribution in [0.1, 0.15) is 68.8 Å². The zero-order valence-corrected chi connectivity index (χ0v) is 17.1. The summed E-state index contributed by atoms with van der Waals surface area (Å²) in [5.41, 5.74) is 2.20.